The number of nitrogens with zero attached hydrogens (tertiary/aromatic N) is 3. The Kier molecular flexibility index (Phi) is 5.58. The lowest BCUT2D eigenvalue weighted by molar-refractivity contribution is -0.121. The highest BCUT2D eigenvalue weighted by atomic mass is 16.5. The minimum Gasteiger partial charge on any atom is -0.361 e. The van der Waals surface area contributed by atoms with Crippen LogP contribution in [0.5, 0.6) is 0 Å². The Hall–Kier alpha value is -3.42. The Balaban J connectivity index is 1.82. The van der Waals surface area contributed by atoms with E-state index in [0.29, 0.717) is 24.0 Å². The van der Waals surface area contributed by atoms with Crippen LogP contribution in [0, 0.1) is 13.8 Å². The van der Waals surface area contributed by atoms with Gasteiger partial charge in [-0.05, 0) is 32.4 Å². The second-order valence-corrected chi connectivity index (χ2v) is 6.49. The third-order valence-electron chi connectivity index (χ3n) is 4.63. The summed E-state index contributed by atoms with van der Waals surface area (Å²) in [4.78, 5) is 37.4. The van der Waals surface area contributed by atoms with Crippen molar-refractivity contribution in [3.8, 4) is 0 Å². The van der Waals surface area contributed by atoms with Gasteiger partial charge in [0.15, 0.2) is 0 Å². The van der Waals surface area contributed by atoms with Gasteiger partial charge in [-0.3, -0.25) is 23.5 Å². The number of carbonyl (C=O) groups is 1. The number of para-hydroxylation sites is 2. The predicted octanol–water partition coefficient (Wildman–Crippen LogP) is 1.31. The number of hydrogen-bond acceptors (Lipinski definition) is 5. The summed E-state index contributed by atoms with van der Waals surface area (Å²) in [6.45, 7) is 7.66. The number of rotatable bonds is 7. The molecule has 1 N–H and O–H groups in total. The van der Waals surface area contributed by atoms with Gasteiger partial charge in [0.2, 0.25) is 5.91 Å². The first kappa shape index (κ1) is 19.3. The van der Waals surface area contributed by atoms with Crippen LogP contribution in [0.4, 0.5) is 0 Å². The van der Waals surface area contributed by atoms with Gasteiger partial charge in [-0.25, -0.2) is 0 Å². The molecule has 8 nitrogen and oxygen atoms in total. The molecule has 0 atom stereocenters. The summed E-state index contributed by atoms with van der Waals surface area (Å²) in [6.07, 6.45) is 2.13. The van der Waals surface area contributed by atoms with E-state index in [1.54, 1.807) is 30.3 Å². The number of allylic oxidation sites excluding steroid dienone is 1. The van der Waals surface area contributed by atoms with E-state index in [2.05, 4.69) is 17.1 Å². The Morgan fingerprint density at radius 1 is 1.18 bits per heavy atom. The molecule has 0 bridgehead atoms. The molecule has 28 heavy (non-hydrogen) atoms. The van der Waals surface area contributed by atoms with Crippen molar-refractivity contribution in [1.82, 2.24) is 19.6 Å². The molecular weight excluding hydrogens is 360 g/mol. The Labute approximate surface area is 161 Å². The van der Waals surface area contributed by atoms with Crippen molar-refractivity contribution in [1.29, 1.82) is 0 Å². The van der Waals surface area contributed by atoms with Crippen molar-refractivity contribution in [2.45, 2.75) is 33.4 Å². The van der Waals surface area contributed by atoms with E-state index in [0.717, 1.165) is 17.0 Å². The first-order chi connectivity index (χ1) is 13.4. The summed E-state index contributed by atoms with van der Waals surface area (Å²) in [5.41, 5.74) is 1.43. The lowest BCUT2D eigenvalue weighted by Gasteiger charge is -2.14. The van der Waals surface area contributed by atoms with Crippen LogP contribution in [0.1, 0.15) is 17.0 Å². The van der Waals surface area contributed by atoms with Gasteiger partial charge in [-0.1, -0.05) is 23.4 Å². The molecule has 0 aliphatic carbocycles. The summed E-state index contributed by atoms with van der Waals surface area (Å²) in [5.74, 6) is 0.375. The largest absolute Gasteiger partial charge is 0.361 e. The standard InChI is InChI=1S/C20H22N4O4/c1-4-11-23-16-7-5-6-8-17(16)24(20(27)19(23)26)12-18(25)21-10-9-15-13(2)22-28-14(15)3/h4-8H,1,9-12H2,2-3H3,(H,21,25). The van der Waals surface area contributed by atoms with Crippen LogP contribution in [-0.4, -0.2) is 26.7 Å². The van der Waals surface area contributed by atoms with E-state index in [1.807, 2.05) is 13.8 Å². The van der Waals surface area contributed by atoms with Gasteiger partial charge in [0.1, 0.15) is 12.3 Å². The smallest absolute Gasteiger partial charge is 0.317 e. The fourth-order valence-corrected chi connectivity index (χ4v) is 3.22. The van der Waals surface area contributed by atoms with Crippen LogP contribution >= 0.6 is 0 Å². The maximum atomic E-state index is 12.6. The number of benzene rings is 1. The second-order valence-electron chi connectivity index (χ2n) is 6.49. The molecule has 8 heteroatoms. The zero-order valence-electron chi connectivity index (χ0n) is 15.9. The third kappa shape index (κ3) is 3.66. The molecule has 0 aliphatic rings. The van der Waals surface area contributed by atoms with E-state index < -0.39 is 11.1 Å². The lowest BCUT2D eigenvalue weighted by atomic mass is 10.1. The highest BCUT2D eigenvalue weighted by molar-refractivity contribution is 5.80. The molecule has 146 valence electrons. The van der Waals surface area contributed by atoms with E-state index in [1.165, 1.54) is 9.13 Å². The van der Waals surface area contributed by atoms with E-state index in [9.17, 15) is 14.4 Å². The third-order valence-corrected chi connectivity index (χ3v) is 4.63. The van der Waals surface area contributed by atoms with Crippen LogP contribution in [0.15, 0.2) is 51.0 Å². The number of carbonyl (C=O) groups excluding carboxylic acids is 1. The highest BCUT2D eigenvalue weighted by Gasteiger charge is 2.15. The minimum atomic E-state index is -0.735. The van der Waals surface area contributed by atoms with Gasteiger partial charge in [-0.15, -0.1) is 6.58 Å². The van der Waals surface area contributed by atoms with Crippen LogP contribution < -0.4 is 16.4 Å². The van der Waals surface area contributed by atoms with Crippen molar-refractivity contribution in [3.05, 3.63) is 74.6 Å². The van der Waals surface area contributed by atoms with E-state index in [4.69, 9.17) is 4.52 Å². The molecule has 3 rings (SSSR count). The van der Waals surface area contributed by atoms with Crippen LogP contribution in [0.3, 0.4) is 0 Å². The van der Waals surface area contributed by atoms with Crippen LogP contribution in [0.25, 0.3) is 11.0 Å². The molecule has 0 saturated heterocycles. The number of nitrogens with one attached hydrogen (secondary N) is 1. The van der Waals surface area contributed by atoms with Crippen molar-refractivity contribution >= 4 is 16.9 Å². The van der Waals surface area contributed by atoms with Gasteiger partial charge in [0.25, 0.3) is 0 Å². The summed E-state index contributed by atoms with van der Waals surface area (Å²) < 4.78 is 7.67. The molecule has 0 spiro atoms. The number of amides is 1. The summed E-state index contributed by atoms with van der Waals surface area (Å²) in [5, 5.41) is 6.67. The molecular formula is C20H22N4O4. The normalized spacial score (nSPS) is 10.9. The first-order valence-electron chi connectivity index (χ1n) is 8.95. The minimum absolute atomic E-state index is 0.221. The number of hydrogen-bond donors (Lipinski definition) is 1. The van der Waals surface area contributed by atoms with Crippen LogP contribution in [0.2, 0.25) is 0 Å². The molecule has 2 aromatic heterocycles. The molecule has 0 radical (unpaired) electrons. The summed E-state index contributed by atoms with van der Waals surface area (Å²) in [7, 11) is 0. The molecule has 0 unspecified atom stereocenters. The van der Waals surface area contributed by atoms with Crippen molar-refractivity contribution in [3.63, 3.8) is 0 Å². The Morgan fingerprint density at radius 2 is 1.82 bits per heavy atom. The zero-order valence-corrected chi connectivity index (χ0v) is 15.9. The molecule has 2 heterocycles. The quantitative estimate of drug-likeness (QED) is 0.491. The fraction of sp³-hybridized carbons (Fsp3) is 0.300. The van der Waals surface area contributed by atoms with Crippen molar-refractivity contribution < 1.29 is 9.32 Å². The Morgan fingerprint density at radius 3 is 2.43 bits per heavy atom. The second kappa shape index (κ2) is 8.08. The molecule has 0 saturated carbocycles. The molecule has 0 aliphatic heterocycles. The van der Waals surface area contributed by atoms with Crippen molar-refractivity contribution in [2.24, 2.45) is 0 Å². The average Bonchev–Trinajstić information content (AvgIpc) is 3.00. The maximum absolute atomic E-state index is 12.6. The molecule has 1 aromatic carbocycles. The van der Waals surface area contributed by atoms with Crippen LogP contribution in [-0.2, 0) is 24.3 Å². The highest BCUT2D eigenvalue weighted by Crippen LogP contribution is 2.12. The molecule has 0 fully saturated rings. The fourth-order valence-electron chi connectivity index (χ4n) is 3.22. The van der Waals surface area contributed by atoms with Gasteiger partial charge in [0, 0.05) is 18.7 Å². The van der Waals surface area contributed by atoms with E-state index >= 15 is 0 Å². The topological polar surface area (TPSA) is 99.1 Å². The number of aromatic nitrogens is 3. The van der Waals surface area contributed by atoms with Crippen molar-refractivity contribution in [2.75, 3.05) is 6.54 Å². The van der Waals surface area contributed by atoms with Gasteiger partial charge >= 0.3 is 11.1 Å². The first-order valence-corrected chi connectivity index (χ1v) is 8.95. The lowest BCUT2D eigenvalue weighted by Crippen LogP contribution is -2.44. The van der Waals surface area contributed by atoms with Gasteiger partial charge in [0.05, 0.1) is 16.7 Å². The molecule has 1 amide bonds. The number of fused-ring (bicyclic) bond motifs is 1. The maximum Gasteiger partial charge on any atom is 0.317 e. The zero-order chi connectivity index (χ0) is 20.3. The van der Waals surface area contributed by atoms with E-state index in [-0.39, 0.29) is 19.0 Å². The number of aryl methyl sites for hydroxylation is 2. The summed E-state index contributed by atoms with van der Waals surface area (Å²) in [6, 6.07) is 6.99. The van der Waals surface area contributed by atoms with Gasteiger partial charge in [-0.2, -0.15) is 0 Å². The van der Waals surface area contributed by atoms with Gasteiger partial charge < -0.3 is 9.84 Å². The average molecular weight is 382 g/mol. The molecule has 3 aromatic rings. The summed E-state index contributed by atoms with van der Waals surface area (Å²) >= 11 is 0. The Bertz CT molecular complexity index is 1130. The monoisotopic (exact) mass is 382 g/mol. The SMILES string of the molecule is C=CCn1c(=O)c(=O)n(CC(=O)NCCc2c(C)noc2C)c2ccccc21. The predicted molar refractivity (Wildman–Crippen MR) is 105 cm³/mol.